The van der Waals surface area contributed by atoms with E-state index in [-0.39, 0.29) is 0 Å². The van der Waals surface area contributed by atoms with Crippen molar-refractivity contribution >= 4 is 11.3 Å². The van der Waals surface area contributed by atoms with E-state index in [4.69, 9.17) is 4.74 Å². The second kappa shape index (κ2) is 6.16. The summed E-state index contributed by atoms with van der Waals surface area (Å²) < 4.78 is 5.96. The molecule has 21 heavy (non-hydrogen) atoms. The number of aliphatic hydroxyl groups is 1. The third-order valence-electron chi connectivity index (χ3n) is 3.32. The molecule has 0 bridgehead atoms. The lowest BCUT2D eigenvalue weighted by Gasteiger charge is -2.14. The summed E-state index contributed by atoms with van der Waals surface area (Å²) in [5.41, 5.74) is 2.19. The second-order valence-corrected chi connectivity index (χ2v) is 7.11. The third kappa shape index (κ3) is 4.05. The molecule has 4 heteroatoms. The van der Waals surface area contributed by atoms with Crippen molar-refractivity contribution < 1.29 is 9.84 Å². The Morgan fingerprint density at radius 2 is 2.05 bits per heavy atom. The third-order valence-corrected chi connectivity index (χ3v) is 4.14. The van der Waals surface area contributed by atoms with Gasteiger partial charge in [-0.15, -0.1) is 11.3 Å². The molecular weight excluding hydrogens is 282 g/mol. The Morgan fingerprint density at radius 3 is 2.62 bits per heavy atom. The zero-order valence-corrected chi connectivity index (χ0v) is 14.1. The molecule has 0 aliphatic heterocycles. The van der Waals surface area contributed by atoms with E-state index >= 15 is 0 Å². The summed E-state index contributed by atoms with van der Waals surface area (Å²) in [4.78, 5) is 4.44. The zero-order chi connectivity index (χ0) is 15.6. The van der Waals surface area contributed by atoms with E-state index in [9.17, 15) is 5.11 Å². The van der Waals surface area contributed by atoms with Crippen LogP contribution in [-0.2, 0) is 12.2 Å². The lowest BCUT2D eigenvalue weighted by atomic mass is 10.0. The summed E-state index contributed by atoms with van der Waals surface area (Å²) >= 11 is 1.52. The minimum atomic E-state index is -0.902. The van der Waals surface area contributed by atoms with Gasteiger partial charge in [0, 0.05) is 5.38 Å². The molecule has 0 fully saturated rings. The van der Waals surface area contributed by atoms with Crippen molar-refractivity contribution in [2.45, 2.75) is 52.7 Å². The smallest absolute Gasteiger partial charge is 0.140 e. The van der Waals surface area contributed by atoms with Crippen molar-refractivity contribution in [3.63, 3.8) is 0 Å². The van der Waals surface area contributed by atoms with E-state index in [1.54, 1.807) is 13.8 Å². The van der Waals surface area contributed by atoms with Crippen LogP contribution in [0.25, 0.3) is 0 Å². The molecule has 0 atom stereocenters. The molecule has 0 aliphatic rings. The number of thiazole rings is 1. The fourth-order valence-electron chi connectivity index (χ4n) is 2.04. The van der Waals surface area contributed by atoms with E-state index in [0.29, 0.717) is 18.2 Å². The van der Waals surface area contributed by atoms with Crippen LogP contribution in [0.4, 0.5) is 0 Å². The Kier molecular flexibility index (Phi) is 4.69. The maximum Gasteiger partial charge on any atom is 0.140 e. The molecule has 0 aliphatic carbocycles. The molecule has 3 nitrogen and oxygen atoms in total. The summed E-state index contributed by atoms with van der Waals surface area (Å²) in [6.07, 6.45) is 0. The van der Waals surface area contributed by atoms with Crippen LogP contribution in [0.3, 0.4) is 0 Å². The summed E-state index contributed by atoms with van der Waals surface area (Å²) in [5.74, 6) is 1.34. The SMILES string of the molecule is Cc1ccc(C(C)C)c(OCc2nc(C(C)(C)O)cs2)c1. The van der Waals surface area contributed by atoms with E-state index < -0.39 is 5.60 Å². The van der Waals surface area contributed by atoms with Gasteiger partial charge in [0.05, 0.1) is 5.69 Å². The molecule has 1 N–H and O–H groups in total. The highest BCUT2D eigenvalue weighted by Gasteiger charge is 2.19. The van der Waals surface area contributed by atoms with Crippen molar-refractivity contribution in [2.75, 3.05) is 0 Å². The normalized spacial score (nSPS) is 12.0. The minimum Gasteiger partial charge on any atom is -0.486 e. The van der Waals surface area contributed by atoms with Crippen molar-refractivity contribution in [3.05, 3.63) is 45.4 Å². The zero-order valence-electron chi connectivity index (χ0n) is 13.3. The summed E-state index contributed by atoms with van der Waals surface area (Å²) in [7, 11) is 0. The van der Waals surface area contributed by atoms with Gasteiger partial charge in [0.2, 0.25) is 0 Å². The van der Waals surface area contributed by atoms with Crippen molar-refractivity contribution in [1.82, 2.24) is 4.98 Å². The lowest BCUT2D eigenvalue weighted by Crippen LogP contribution is -2.16. The molecular formula is C17H23NO2S. The molecule has 0 spiro atoms. The van der Waals surface area contributed by atoms with Gasteiger partial charge < -0.3 is 9.84 Å². The van der Waals surface area contributed by atoms with Crippen molar-refractivity contribution in [1.29, 1.82) is 0 Å². The van der Waals surface area contributed by atoms with Gasteiger partial charge in [-0.2, -0.15) is 0 Å². The van der Waals surface area contributed by atoms with Crippen LogP contribution in [0.1, 0.15) is 55.4 Å². The molecule has 1 aromatic heterocycles. The van der Waals surface area contributed by atoms with E-state index in [2.05, 4.69) is 44.0 Å². The van der Waals surface area contributed by atoms with Gasteiger partial charge in [-0.05, 0) is 43.9 Å². The molecule has 1 heterocycles. The number of benzene rings is 1. The van der Waals surface area contributed by atoms with Gasteiger partial charge in [0.1, 0.15) is 23.0 Å². The van der Waals surface area contributed by atoms with Crippen molar-refractivity contribution in [3.8, 4) is 5.75 Å². The molecule has 0 unspecified atom stereocenters. The summed E-state index contributed by atoms with van der Waals surface area (Å²) in [5, 5.41) is 12.7. The van der Waals surface area contributed by atoms with Gasteiger partial charge >= 0.3 is 0 Å². The maximum atomic E-state index is 9.94. The fourth-order valence-corrected chi connectivity index (χ4v) is 2.91. The monoisotopic (exact) mass is 305 g/mol. The molecule has 0 amide bonds. The van der Waals surface area contributed by atoms with Gasteiger partial charge in [0.25, 0.3) is 0 Å². The van der Waals surface area contributed by atoms with Crippen LogP contribution in [0.15, 0.2) is 23.6 Å². The Morgan fingerprint density at radius 1 is 1.33 bits per heavy atom. The first-order valence-corrected chi connectivity index (χ1v) is 8.06. The average molecular weight is 305 g/mol. The van der Waals surface area contributed by atoms with Crippen LogP contribution in [0.5, 0.6) is 5.75 Å². The van der Waals surface area contributed by atoms with Crippen molar-refractivity contribution in [2.24, 2.45) is 0 Å². The van der Waals surface area contributed by atoms with E-state index in [1.165, 1.54) is 22.5 Å². The summed E-state index contributed by atoms with van der Waals surface area (Å²) in [6.45, 7) is 10.3. The quantitative estimate of drug-likeness (QED) is 0.891. The average Bonchev–Trinajstić information content (AvgIpc) is 2.84. The number of hydrogen-bond donors (Lipinski definition) is 1. The van der Waals surface area contributed by atoms with Gasteiger partial charge in [-0.3, -0.25) is 0 Å². The van der Waals surface area contributed by atoms with E-state index in [1.807, 2.05) is 5.38 Å². The van der Waals surface area contributed by atoms with Gasteiger partial charge in [-0.25, -0.2) is 4.98 Å². The van der Waals surface area contributed by atoms with Crippen LogP contribution >= 0.6 is 11.3 Å². The molecule has 114 valence electrons. The highest BCUT2D eigenvalue weighted by Crippen LogP contribution is 2.29. The molecule has 1 aromatic carbocycles. The maximum absolute atomic E-state index is 9.94. The number of hydrogen-bond acceptors (Lipinski definition) is 4. The molecule has 0 radical (unpaired) electrons. The number of aryl methyl sites for hydroxylation is 1. The Hall–Kier alpha value is -1.39. The predicted octanol–water partition coefficient (Wildman–Crippen LogP) is 4.38. The second-order valence-electron chi connectivity index (χ2n) is 6.17. The highest BCUT2D eigenvalue weighted by atomic mass is 32.1. The lowest BCUT2D eigenvalue weighted by molar-refractivity contribution is 0.0742. The first-order valence-electron chi connectivity index (χ1n) is 7.18. The topological polar surface area (TPSA) is 42.4 Å². The van der Waals surface area contributed by atoms with Crippen LogP contribution in [0, 0.1) is 6.92 Å². The number of ether oxygens (including phenoxy) is 1. The van der Waals surface area contributed by atoms with Gasteiger partial charge in [-0.1, -0.05) is 26.0 Å². The minimum absolute atomic E-state index is 0.420. The van der Waals surface area contributed by atoms with Crippen LogP contribution in [0.2, 0.25) is 0 Å². The standard InChI is InChI=1S/C17H23NO2S/c1-11(2)13-7-6-12(3)8-14(13)20-9-16-18-15(10-21-16)17(4,5)19/h6-8,10-11,19H,9H2,1-5H3. The molecule has 2 rings (SSSR count). The number of nitrogens with zero attached hydrogens (tertiary/aromatic N) is 1. The van der Waals surface area contributed by atoms with E-state index in [0.717, 1.165) is 10.8 Å². The largest absolute Gasteiger partial charge is 0.486 e. The molecule has 2 aromatic rings. The first-order chi connectivity index (χ1) is 9.77. The predicted molar refractivity (Wildman–Crippen MR) is 87.0 cm³/mol. The summed E-state index contributed by atoms with van der Waals surface area (Å²) in [6, 6.07) is 6.30. The fraction of sp³-hybridized carbons (Fsp3) is 0.471. The Bertz CT molecular complexity index is 611. The highest BCUT2D eigenvalue weighted by molar-refractivity contribution is 7.09. The number of aromatic nitrogens is 1. The Balaban J connectivity index is 2.13. The molecule has 0 saturated carbocycles. The first kappa shape index (κ1) is 16.0. The van der Waals surface area contributed by atoms with Crippen LogP contribution < -0.4 is 4.74 Å². The number of rotatable bonds is 5. The van der Waals surface area contributed by atoms with Crippen LogP contribution in [-0.4, -0.2) is 10.1 Å². The molecule has 0 saturated heterocycles. The van der Waals surface area contributed by atoms with Gasteiger partial charge in [0.15, 0.2) is 0 Å². The Labute approximate surface area is 130 Å².